The summed E-state index contributed by atoms with van der Waals surface area (Å²) in [7, 11) is 0. The van der Waals surface area contributed by atoms with Crippen LogP contribution in [0.3, 0.4) is 0 Å². The van der Waals surface area contributed by atoms with Crippen molar-refractivity contribution >= 4 is 49.8 Å². The summed E-state index contributed by atoms with van der Waals surface area (Å²) in [6.45, 7) is 0. The first-order chi connectivity index (χ1) is 29.7. The van der Waals surface area contributed by atoms with E-state index in [-0.39, 0.29) is 0 Å². The lowest BCUT2D eigenvalue weighted by atomic mass is 9.89. The van der Waals surface area contributed by atoms with E-state index in [1.54, 1.807) is 0 Å². The van der Waals surface area contributed by atoms with Crippen molar-refractivity contribution in [1.29, 1.82) is 0 Å². The fourth-order valence-electron chi connectivity index (χ4n) is 8.77. The fourth-order valence-corrected chi connectivity index (χ4v) is 8.77. The first kappa shape index (κ1) is 35.2. The normalized spacial score (nSPS) is 11.3. The first-order valence-corrected chi connectivity index (χ1v) is 20.5. The highest BCUT2D eigenvalue weighted by Gasteiger charge is 2.18. The molecule has 2 nitrogen and oxygen atoms in total. The van der Waals surface area contributed by atoms with Crippen molar-refractivity contribution in [3.05, 3.63) is 237 Å². The maximum Gasteiger partial charge on any atom is 0.137 e. The second-order valence-corrected chi connectivity index (χ2v) is 15.3. The molecule has 0 spiro atoms. The Balaban J connectivity index is 1.02. The second-order valence-electron chi connectivity index (χ2n) is 15.3. The van der Waals surface area contributed by atoms with Gasteiger partial charge in [0.1, 0.15) is 11.2 Å². The van der Waals surface area contributed by atoms with Gasteiger partial charge in [0.15, 0.2) is 0 Å². The molecular formula is C58H39NO. The van der Waals surface area contributed by atoms with Crippen molar-refractivity contribution in [2.24, 2.45) is 0 Å². The first-order valence-electron chi connectivity index (χ1n) is 20.5. The maximum absolute atomic E-state index is 6.43. The molecule has 0 amide bonds. The van der Waals surface area contributed by atoms with Crippen molar-refractivity contribution in [2.45, 2.75) is 0 Å². The number of hydrogen-bond acceptors (Lipinski definition) is 2. The highest BCUT2D eigenvalue weighted by Crippen LogP contribution is 2.43. The number of nitrogens with zero attached hydrogens (tertiary/aromatic N) is 1. The molecule has 0 radical (unpaired) electrons. The van der Waals surface area contributed by atoms with E-state index in [1.165, 1.54) is 60.8 Å². The molecule has 60 heavy (non-hydrogen) atoms. The molecule has 2 heteroatoms. The topological polar surface area (TPSA) is 16.4 Å². The molecule has 11 aromatic rings. The second kappa shape index (κ2) is 15.1. The third kappa shape index (κ3) is 6.41. The average Bonchev–Trinajstić information content (AvgIpc) is 3.70. The Bertz CT molecular complexity index is 3290. The molecule has 0 aliphatic rings. The smallest absolute Gasteiger partial charge is 0.137 e. The SMILES string of the molecule is c1ccc(-c2cc3ccccc3cc2-c2ccc(N(c3ccc(-c4ccccc4-c4ccccc4-c4ccccc4)cc3)c3ccc4c(c3)oc3ccccc34)cc2)cc1. The van der Waals surface area contributed by atoms with Crippen LogP contribution in [0.1, 0.15) is 0 Å². The largest absolute Gasteiger partial charge is 0.456 e. The van der Waals surface area contributed by atoms with Gasteiger partial charge in [0.05, 0.1) is 0 Å². The predicted molar refractivity (Wildman–Crippen MR) is 253 cm³/mol. The van der Waals surface area contributed by atoms with Gasteiger partial charge >= 0.3 is 0 Å². The lowest BCUT2D eigenvalue weighted by molar-refractivity contribution is 0.669. The van der Waals surface area contributed by atoms with Gasteiger partial charge in [-0.05, 0) is 121 Å². The predicted octanol–water partition coefficient (Wildman–Crippen LogP) is 16.5. The Labute approximate surface area is 349 Å². The third-order valence-electron chi connectivity index (χ3n) is 11.7. The van der Waals surface area contributed by atoms with Crippen LogP contribution >= 0.6 is 0 Å². The Hall–Kier alpha value is -7.94. The van der Waals surface area contributed by atoms with Gasteiger partial charge in [-0.1, -0.05) is 176 Å². The molecule has 0 atom stereocenters. The maximum atomic E-state index is 6.43. The standard InChI is InChI=1S/C58H39NO/c1-3-15-40(16-4-1)49-21-9-11-23-51(49)52-24-12-10-22-50(52)42-27-31-46(32-28-42)59(48-35-36-54-53-25-13-14-26-57(53)60-58(54)39-48)47-33-29-43(30-34-47)56-38-45-20-8-7-19-44(45)37-55(56)41-17-5-2-6-18-41/h1-39H. The van der Waals surface area contributed by atoms with Crippen molar-refractivity contribution in [3.8, 4) is 55.6 Å². The summed E-state index contributed by atoms with van der Waals surface area (Å²) in [4.78, 5) is 2.33. The summed E-state index contributed by atoms with van der Waals surface area (Å²) >= 11 is 0. The van der Waals surface area contributed by atoms with Crippen LogP contribution in [0.2, 0.25) is 0 Å². The fraction of sp³-hybridized carbons (Fsp3) is 0. The molecule has 0 saturated heterocycles. The van der Waals surface area contributed by atoms with E-state index in [9.17, 15) is 0 Å². The monoisotopic (exact) mass is 765 g/mol. The van der Waals surface area contributed by atoms with E-state index in [4.69, 9.17) is 4.42 Å². The third-order valence-corrected chi connectivity index (χ3v) is 11.7. The zero-order chi connectivity index (χ0) is 39.8. The Morgan fingerprint density at radius 2 is 0.650 bits per heavy atom. The molecule has 282 valence electrons. The summed E-state index contributed by atoms with van der Waals surface area (Å²) in [6.07, 6.45) is 0. The number of para-hydroxylation sites is 1. The van der Waals surface area contributed by atoms with Crippen LogP contribution < -0.4 is 4.90 Å². The van der Waals surface area contributed by atoms with E-state index in [1.807, 2.05) is 12.1 Å². The van der Waals surface area contributed by atoms with Gasteiger partial charge in [0.25, 0.3) is 0 Å². The average molecular weight is 766 g/mol. The van der Waals surface area contributed by atoms with Crippen LogP contribution in [-0.4, -0.2) is 0 Å². The summed E-state index contributed by atoms with van der Waals surface area (Å²) in [5.41, 5.74) is 16.9. The number of anilines is 3. The van der Waals surface area contributed by atoms with Crippen molar-refractivity contribution in [2.75, 3.05) is 4.90 Å². The van der Waals surface area contributed by atoms with Crippen molar-refractivity contribution in [1.82, 2.24) is 0 Å². The lowest BCUT2D eigenvalue weighted by Gasteiger charge is -2.26. The van der Waals surface area contributed by atoms with Gasteiger partial charge in [-0.3, -0.25) is 0 Å². The van der Waals surface area contributed by atoms with Crippen molar-refractivity contribution < 1.29 is 4.42 Å². The van der Waals surface area contributed by atoms with Crippen molar-refractivity contribution in [3.63, 3.8) is 0 Å². The van der Waals surface area contributed by atoms with E-state index in [2.05, 4.69) is 229 Å². The van der Waals surface area contributed by atoms with E-state index in [0.717, 1.165) is 44.6 Å². The molecule has 0 saturated carbocycles. The molecule has 0 bridgehead atoms. The van der Waals surface area contributed by atoms with Gasteiger partial charge in [-0.2, -0.15) is 0 Å². The highest BCUT2D eigenvalue weighted by atomic mass is 16.3. The van der Waals surface area contributed by atoms with Gasteiger partial charge in [0, 0.05) is 33.9 Å². The summed E-state index contributed by atoms with van der Waals surface area (Å²) in [5.74, 6) is 0. The minimum absolute atomic E-state index is 0.863. The minimum Gasteiger partial charge on any atom is -0.456 e. The molecule has 10 aromatic carbocycles. The zero-order valence-corrected chi connectivity index (χ0v) is 32.9. The Morgan fingerprint density at radius 1 is 0.250 bits per heavy atom. The molecule has 1 heterocycles. The van der Waals surface area contributed by atoms with Crippen LogP contribution in [-0.2, 0) is 0 Å². The molecule has 0 unspecified atom stereocenters. The molecular weight excluding hydrogens is 727 g/mol. The molecule has 0 aliphatic heterocycles. The Morgan fingerprint density at radius 3 is 1.22 bits per heavy atom. The van der Waals surface area contributed by atoms with Gasteiger partial charge < -0.3 is 9.32 Å². The van der Waals surface area contributed by atoms with Gasteiger partial charge in [-0.15, -0.1) is 0 Å². The molecule has 0 aliphatic carbocycles. The van der Waals surface area contributed by atoms with E-state index in [0.29, 0.717) is 0 Å². The van der Waals surface area contributed by atoms with E-state index < -0.39 is 0 Å². The van der Waals surface area contributed by atoms with Gasteiger partial charge in [-0.25, -0.2) is 0 Å². The quantitative estimate of drug-likeness (QED) is 0.153. The zero-order valence-electron chi connectivity index (χ0n) is 32.9. The van der Waals surface area contributed by atoms with Crippen LogP contribution in [0.5, 0.6) is 0 Å². The van der Waals surface area contributed by atoms with Crippen LogP contribution in [0.25, 0.3) is 88.3 Å². The molecule has 1 aromatic heterocycles. The number of furan rings is 1. The van der Waals surface area contributed by atoms with Crippen LogP contribution in [0, 0.1) is 0 Å². The van der Waals surface area contributed by atoms with E-state index >= 15 is 0 Å². The number of rotatable bonds is 8. The van der Waals surface area contributed by atoms with Crippen LogP contribution in [0.15, 0.2) is 241 Å². The van der Waals surface area contributed by atoms with Gasteiger partial charge in [0.2, 0.25) is 0 Å². The molecule has 0 fully saturated rings. The lowest BCUT2D eigenvalue weighted by Crippen LogP contribution is -2.09. The summed E-state index contributed by atoms with van der Waals surface area (Å²) < 4.78 is 6.43. The number of hydrogen-bond donors (Lipinski definition) is 0. The van der Waals surface area contributed by atoms with Crippen LogP contribution in [0.4, 0.5) is 17.1 Å². The molecule has 0 N–H and O–H groups in total. The number of benzene rings is 10. The minimum atomic E-state index is 0.863. The Kier molecular flexibility index (Phi) is 8.87. The summed E-state index contributed by atoms with van der Waals surface area (Å²) in [6, 6.07) is 84.8. The molecule has 11 rings (SSSR count). The summed E-state index contributed by atoms with van der Waals surface area (Å²) in [5, 5.41) is 4.69. The highest BCUT2D eigenvalue weighted by molar-refractivity contribution is 6.06. The number of fused-ring (bicyclic) bond motifs is 4.